The average Bonchev–Trinajstić information content (AvgIpc) is 3.23. The number of hydrogen-bond acceptors (Lipinski definition) is 5. The molecule has 170 valence electrons. The normalized spacial score (nSPS) is 14.1. The first-order valence-electron chi connectivity index (χ1n) is 10.9. The van der Waals surface area contributed by atoms with Crippen LogP contribution < -0.4 is 5.32 Å². The van der Waals surface area contributed by atoms with Crippen LogP contribution in [0.25, 0.3) is 0 Å². The van der Waals surface area contributed by atoms with Crippen LogP contribution >= 0.6 is 0 Å². The van der Waals surface area contributed by atoms with Crippen LogP contribution in [0.4, 0.5) is 5.69 Å². The molecule has 1 aromatic carbocycles. The number of carboxylic acids is 2. The third kappa shape index (κ3) is 6.13. The van der Waals surface area contributed by atoms with Gasteiger partial charge in [0.05, 0.1) is 12.2 Å². The molecule has 2 aliphatic carbocycles. The molecule has 0 radical (unpaired) electrons. The van der Waals surface area contributed by atoms with E-state index in [9.17, 15) is 4.79 Å². The molecule has 1 aromatic heterocycles. The molecule has 0 aliphatic heterocycles. The minimum absolute atomic E-state index is 0.0801. The Morgan fingerprint density at radius 1 is 0.906 bits per heavy atom. The summed E-state index contributed by atoms with van der Waals surface area (Å²) in [5.74, 6) is -3.57. The number of nitrogens with zero attached hydrogens (tertiary/aromatic N) is 2. The molecule has 1 amide bonds. The van der Waals surface area contributed by atoms with Crippen molar-refractivity contribution in [3.05, 3.63) is 58.4 Å². The van der Waals surface area contributed by atoms with Crippen LogP contribution in [0.15, 0.2) is 30.3 Å². The molecule has 4 rings (SSSR count). The average molecular weight is 440 g/mol. The molecule has 0 bridgehead atoms. The number of amides is 1. The van der Waals surface area contributed by atoms with Gasteiger partial charge < -0.3 is 15.5 Å². The van der Waals surface area contributed by atoms with Crippen LogP contribution in [0.5, 0.6) is 0 Å². The second-order valence-electron chi connectivity index (χ2n) is 8.21. The van der Waals surface area contributed by atoms with Crippen molar-refractivity contribution < 1.29 is 24.6 Å². The first-order chi connectivity index (χ1) is 15.3. The first kappa shape index (κ1) is 23.4. The predicted octanol–water partition coefficient (Wildman–Crippen LogP) is 2.68. The lowest BCUT2D eigenvalue weighted by Crippen LogP contribution is -2.30. The second kappa shape index (κ2) is 10.9. The van der Waals surface area contributed by atoms with Crippen LogP contribution in [-0.4, -0.2) is 51.5 Å². The van der Waals surface area contributed by atoms with Crippen molar-refractivity contribution in [2.45, 2.75) is 51.5 Å². The number of carboxylic acid groups (broad SMARTS) is 2. The maximum absolute atomic E-state index is 12.7. The Labute approximate surface area is 187 Å². The number of aromatic nitrogens is 1. The molecule has 2 aromatic rings. The minimum atomic E-state index is -1.82. The molecular formula is C24H29N3O5. The Bertz CT molecular complexity index is 979. The summed E-state index contributed by atoms with van der Waals surface area (Å²) >= 11 is 0. The third-order valence-electron chi connectivity index (χ3n) is 5.66. The molecule has 32 heavy (non-hydrogen) atoms. The molecule has 0 fully saturated rings. The van der Waals surface area contributed by atoms with Gasteiger partial charge in [-0.05, 0) is 68.7 Å². The van der Waals surface area contributed by atoms with Crippen molar-refractivity contribution >= 4 is 23.5 Å². The van der Waals surface area contributed by atoms with Crippen LogP contribution in [-0.2, 0) is 46.6 Å². The fourth-order valence-corrected chi connectivity index (χ4v) is 4.27. The van der Waals surface area contributed by atoms with Crippen LogP contribution in [0.3, 0.4) is 0 Å². The molecular weight excluding hydrogens is 410 g/mol. The van der Waals surface area contributed by atoms with Gasteiger partial charge in [-0.15, -0.1) is 0 Å². The molecule has 0 spiro atoms. The van der Waals surface area contributed by atoms with Crippen molar-refractivity contribution in [3.8, 4) is 0 Å². The highest BCUT2D eigenvalue weighted by molar-refractivity contribution is 6.27. The van der Waals surface area contributed by atoms with Crippen molar-refractivity contribution in [2.75, 3.05) is 18.9 Å². The summed E-state index contributed by atoms with van der Waals surface area (Å²) in [5, 5.41) is 18.0. The smallest absolute Gasteiger partial charge is 0.414 e. The maximum atomic E-state index is 12.7. The van der Waals surface area contributed by atoms with Gasteiger partial charge in [-0.3, -0.25) is 14.7 Å². The Kier molecular flexibility index (Phi) is 7.94. The highest BCUT2D eigenvalue weighted by Gasteiger charge is 2.25. The van der Waals surface area contributed by atoms with Crippen LogP contribution in [0, 0.1) is 0 Å². The number of hydrogen-bond donors (Lipinski definition) is 3. The Balaban J connectivity index is 0.000000427. The van der Waals surface area contributed by atoms with Gasteiger partial charge in [0.25, 0.3) is 0 Å². The van der Waals surface area contributed by atoms with Crippen molar-refractivity contribution in [1.29, 1.82) is 0 Å². The van der Waals surface area contributed by atoms with Crippen molar-refractivity contribution in [1.82, 2.24) is 9.88 Å². The molecule has 0 saturated carbocycles. The quantitative estimate of drug-likeness (QED) is 0.613. The zero-order valence-corrected chi connectivity index (χ0v) is 18.3. The van der Waals surface area contributed by atoms with Gasteiger partial charge in [-0.2, -0.15) is 0 Å². The Morgan fingerprint density at radius 3 is 2.09 bits per heavy atom. The van der Waals surface area contributed by atoms with E-state index in [1.807, 2.05) is 25.2 Å². The fraction of sp³-hybridized carbons (Fsp3) is 0.417. The summed E-state index contributed by atoms with van der Waals surface area (Å²) in [5.41, 5.74) is 7.37. The largest absolute Gasteiger partial charge is 0.473 e. The van der Waals surface area contributed by atoms with E-state index in [1.165, 1.54) is 40.9 Å². The highest BCUT2D eigenvalue weighted by atomic mass is 16.4. The Hall–Kier alpha value is -3.26. The lowest BCUT2D eigenvalue weighted by molar-refractivity contribution is -0.159. The zero-order chi connectivity index (χ0) is 23.1. The monoisotopic (exact) mass is 439 g/mol. The van der Waals surface area contributed by atoms with Gasteiger partial charge in [-0.25, -0.2) is 9.59 Å². The lowest BCUT2D eigenvalue weighted by Gasteiger charge is -2.23. The number of fused-ring (bicyclic) bond motifs is 2. The Morgan fingerprint density at radius 2 is 1.47 bits per heavy atom. The molecule has 2 aliphatic rings. The molecule has 0 saturated heterocycles. The molecule has 0 atom stereocenters. The molecule has 1 heterocycles. The fourth-order valence-electron chi connectivity index (χ4n) is 4.27. The third-order valence-corrected chi connectivity index (χ3v) is 5.66. The standard InChI is InChI=1S/C22H27N3O.C2H2O4/c1-25(14-16-8-3-2-4-9-16)15-21(26)24-22-17-10-5-6-12-19(17)23-20-13-7-11-18(20)22;3-1(4)2(5)6/h2-4,8-9H,5-7,10-15H2,1H3,(H,23,24,26);(H,3,4)(H,5,6). The topological polar surface area (TPSA) is 120 Å². The summed E-state index contributed by atoms with van der Waals surface area (Å²) in [7, 11) is 2.00. The van der Waals surface area contributed by atoms with Gasteiger partial charge in [0.15, 0.2) is 0 Å². The second-order valence-corrected chi connectivity index (χ2v) is 8.21. The summed E-state index contributed by atoms with van der Waals surface area (Å²) in [4.78, 5) is 37.9. The van der Waals surface area contributed by atoms with Crippen molar-refractivity contribution in [2.24, 2.45) is 0 Å². The number of anilines is 1. The summed E-state index contributed by atoms with van der Waals surface area (Å²) in [6.45, 7) is 1.18. The van der Waals surface area contributed by atoms with Gasteiger partial charge in [0, 0.05) is 17.9 Å². The van der Waals surface area contributed by atoms with E-state index in [1.54, 1.807) is 0 Å². The molecule has 8 nitrogen and oxygen atoms in total. The summed E-state index contributed by atoms with van der Waals surface area (Å²) in [6.07, 6.45) is 7.77. The van der Waals surface area contributed by atoms with Crippen LogP contribution in [0.1, 0.15) is 47.3 Å². The van der Waals surface area contributed by atoms with E-state index in [4.69, 9.17) is 24.8 Å². The van der Waals surface area contributed by atoms with Crippen LogP contribution in [0.2, 0.25) is 0 Å². The number of nitrogens with one attached hydrogen (secondary N) is 1. The zero-order valence-electron chi connectivity index (χ0n) is 18.3. The lowest BCUT2D eigenvalue weighted by atomic mass is 9.92. The van der Waals surface area contributed by atoms with E-state index in [2.05, 4.69) is 22.3 Å². The summed E-state index contributed by atoms with van der Waals surface area (Å²) in [6, 6.07) is 10.3. The predicted molar refractivity (Wildman–Crippen MR) is 120 cm³/mol. The highest BCUT2D eigenvalue weighted by Crippen LogP contribution is 2.35. The number of rotatable bonds is 5. The van der Waals surface area contributed by atoms with Gasteiger partial charge >= 0.3 is 11.9 Å². The first-order valence-corrected chi connectivity index (χ1v) is 10.9. The van der Waals surface area contributed by atoms with E-state index in [0.29, 0.717) is 6.54 Å². The van der Waals surface area contributed by atoms with E-state index >= 15 is 0 Å². The molecule has 0 unspecified atom stereocenters. The number of aliphatic carboxylic acids is 2. The number of carbonyl (C=O) groups is 3. The number of pyridine rings is 1. The maximum Gasteiger partial charge on any atom is 0.414 e. The van der Waals surface area contributed by atoms with E-state index < -0.39 is 11.9 Å². The SMILES string of the molecule is CN(CC(=O)Nc1c2c(nc3c1CCC3)CCCC2)Cc1ccccc1.O=C(O)C(=O)O. The van der Waals surface area contributed by atoms with Gasteiger partial charge in [0.1, 0.15) is 0 Å². The number of benzene rings is 1. The minimum Gasteiger partial charge on any atom is -0.473 e. The van der Waals surface area contributed by atoms with Gasteiger partial charge in [0.2, 0.25) is 5.91 Å². The number of aryl methyl sites for hydroxylation is 2. The number of carbonyl (C=O) groups excluding carboxylic acids is 1. The number of likely N-dealkylation sites (N-methyl/N-ethyl adjacent to an activating group) is 1. The molecule has 3 N–H and O–H groups in total. The molecule has 8 heteroatoms. The van der Waals surface area contributed by atoms with Gasteiger partial charge in [-0.1, -0.05) is 30.3 Å². The van der Waals surface area contributed by atoms with E-state index in [-0.39, 0.29) is 5.91 Å². The summed E-state index contributed by atoms with van der Waals surface area (Å²) < 4.78 is 0. The van der Waals surface area contributed by atoms with E-state index in [0.717, 1.165) is 44.3 Å². The van der Waals surface area contributed by atoms with Crippen molar-refractivity contribution in [3.63, 3.8) is 0 Å².